The van der Waals surface area contributed by atoms with Crippen molar-refractivity contribution < 1.29 is 9.53 Å². The van der Waals surface area contributed by atoms with Crippen LogP contribution in [-0.4, -0.2) is 71.7 Å². The van der Waals surface area contributed by atoms with E-state index in [0.29, 0.717) is 25.3 Å². The highest BCUT2D eigenvalue weighted by Crippen LogP contribution is 2.25. The molecule has 2 aliphatic heterocycles. The highest BCUT2D eigenvalue weighted by atomic mass is 16.5. The Morgan fingerprint density at radius 3 is 2.56 bits per heavy atom. The molecular weight excluding hydrogens is 428 g/mol. The zero-order valence-corrected chi connectivity index (χ0v) is 19.7. The number of pyridine rings is 1. The van der Waals surface area contributed by atoms with E-state index in [-0.39, 0.29) is 11.9 Å². The first-order valence-electron chi connectivity index (χ1n) is 12.3. The van der Waals surface area contributed by atoms with E-state index in [2.05, 4.69) is 25.1 Å². The molecule has 1 amide bonds. The summed E-state index contributed by atoms with van der Waals surface area (Å²) in [6, 6.07) is 9.82. The zero-order valence-electron chi connectivity index (χ0n) is 19.7. The highest BCUT2D eigenvalue weighted by molar-refractivity contribution is 6.06. The first-order chi connectivity index (χ1) is 16.7. The average molecular weight is 461 g/mol. The number of anilines is 1. The van der Waals surface area contributed by atoms with E-state index in [0.717, 1.165) is 60.7 Å². The fourth-order valence-electron chi connectivity index (χ4n) is 4.82. The van der Waals surface area contributed by atoms with Crippen molar-refractivity contribution in [3.63, 3.8) is 0 Å². The van der Waals surface area contributed by atoms with Crippen LogP contribution in [0.5, 0.6) is 0 Å². The second kappa shape index (κ2) is 10.4. The van der Waals surface area contributed by atoms with E-state index in [1.807, 2.05) is 49.6 Å². The van der Waals surface area contributed by atoms with Gasteiger partial charge in [0.05, 0.1) is 24.8 Å². The fourth-order valence-corrected chi connectivity index (χ4v) is 4.82. The topological polar surface area (TPSA) is 83.5 Å². The van der Waals surface area contributed by atoms with Gasteiger partial charge in [-0.1, -0.05) is 13.0 Å². The van der Waals surface area contributed by atoms with Crippen molar-refractivity contribution in [2.75, 3.05) is 50.8 Å². The molecule has 2 aliphatic rings. The van der Waals surface area contributed by atoms with Gasteiger partial charge >= 0.3 is 0 Å². The van der Waals surface area contributed by atoms with Crippen LogP contribution >= 0.6 is 0 Å². The van der Waals surface area contributed by atoms with E-state index in [1.165, 1.54) is 12.8 Å². The Hall–Kier alpha value is -3.10. The summed E-state index contributed by atoms with van der Waals surface area (Å²) in [6.45, 7) is 7.61. The lowest BCUT2D eigenvalue weighted by atomic mass is 10.1. The molecule has 2 saturated heterocycles. The molecule has 0 radical (unpaired) electrons. The Kier molecular flexibility index (Phi) is 6.97. The van der Waals surface area contributed by atoms with Crippen LogP contribution in [0.2, 0.25) is 0 Å². The molecule has 1 unspecified atom stereocenters. The van der Waals surface area contributed by atoms with E-state index in [9.17, 15) is 4.79 Å². The molecule has 0 aliphatic carbocycles. The Balaban J connectivity index is 1.35. The van der Waals surface area contributed by atoms with E-state index in [1.54, 1.807) is 0 Å². The minimum Gasteiger partial charge on any atom is -0.379 e. The number of ether oxygens (including phenoxy) is 1. The lowest BCUT2D eigenvalue weighted by Crippen LogP contribution is -2.44. The predicted octanol–water partition coefficient (Wildman–Crippen LogP) is 2.99. The van der Waals surface area contributed by atoms with E-state index >= 15 is 0 Å². The van der Waals surface area contributed by atoms with Crippen molar-refractivity contribution in [1.82, 2.24) is 25.2 Å². The summed E-state index contributed by atoms with van der Waals surface area (Å²) in [5, 5.41) is 4.05. The lowest BCUT2D eigenvalue weighted by molar-refractivity contribution is 0.0161. The van der Waals surface area contributed by atoms with Gasteiger partial charge in [-0.15, -0.1) is 0 Å². The molecule has 34 heavy (non-hydrogen) atoms. The molecular formula is C26H32N6O2. The molecule has 4 heterocycles. The predicted molar refractivity (Wildman–Crippen MR) is 132 cm³/mol. The monoisotopic (exact) mass is 460 g/mol. The molecule has 2 fully saturated rings. The molecule has 5 rings (SSSR count). The van der Waals surface area contributed by atoms with Crippen LogP contribution in [0, 0.1) is 0 Å². The number of nitrogens with one attached hydrogen (secondary N) is 1. The maximum Gasteiger partial charge on any atom is 0.252 e. The van der Waals surface area contributed by atoms with E-state index < -0.39 is 0 Å². The largest absolute Gasteiger partial charge is 0.379 e. The normalized spacial score (nSPS) is 17.7. The van der Waals surface area contributed by atoms with Crippen molar-refractivity contribution in [3.05, 3.63) is 59.7 Å². The lowest BCUT2D eigenvalue weighted by Gasteiger charge is -2.34. The second-order valence-electron chi connectivity index (χ2n) is 8.90. The van der Waals surface area contributed by atoms with Gasteiger partial charge < -0.3 is 15.0 Å². The van der Waals surface area contributed by atoms with Crippen molar-refractivity contribution >= 4 is 22.6 Å². The number of aromatic nitrogens is 3. The van der Waals surface area contributed by atoms with Crippen LogP contribution in [0.15, 0.2) is 42.7 Å². The first kappa shape index (κ1) is 22.7. The van der Waals surface area contributed by atoms with Gasteiger partial charge in [0, 0.05) is 68.1 Å². The molecule has 3 aromatic rings. The molecule has 178 valence electrons. The quantitative estimate of drug-likeness (QED) is 0.580. The maximum atomic E-state index is 13.3. The van der Waals surface area contributed by atoms with Crippen LogP contribution in [0.4, 0.5) is 5.82 Å². The molecule has 8 heteroatoms. The molecule has 0 saturated carbocycles. The van der Waals surface area contributed by atoms with Gasteiger partial charge in [-0.2, -0.15) is 0 Å². The number of carbonyl (C=O) groups excluding carboxylic acids is 1. The Morgan fingerprint density at radius 2 is 1.82 bits per heavy atom. The smallest absolute Gasteiger partial charge is 0.252 e. The standard InChI is InChI=1S/C26H32N6O2/c1-2-24-27-16-19(17-28-24)23(31-12-14-34-15-13-31)18-29-26(33)21-6-5-7-22-20(21)8-9-25(30-22)32-10-3-4-11-32/h5-9,16-17,23H,2-4,10-15,18H2,1H3,(H,29,33). The highest BCUT2D eigenvalue weighted by Gasteiger charge is 2.24. The number of nitrogens with zero attached hydrogens (tertiary/aromatic N) is 5. The zero-order chi connectivity index (χ0) is 23.3. The molecule has 1 N–H and O–H groups in total. The van der Waals surface area contributed by atoms with Gasteiger partial charge in [0.15, 0.2) is 0 Å². The van der Waals surface area contributed by atoms with Crippen molar-refractivity contribution in [1.29, 1.82) is 0 Å². The number of fused-ring (bicyclic) bond motifs is 1. The Labute approximate surface area is 200 Å². The van der Waals surface area contributed by atoms with Crippen LogP contribution in [0.3, 0.4) is 0 Å². The number of hydrogen-bond acceptors (Lipinski definition) is 7. The first-order valence-corrected chi connectivity index (χ1v) is 12.3. The van der Waals surface area contributed by atoms with Gasteiger partial charge in [-0.05, 0) is 37.1 Å². The maximum absolute atomic E-state index is 13.3. The number of morpholine rings is 1. The molecule has 8 nitrogen and oxygen atoms in total. The van der Waals surface area contributed by atoms with Gasteiger partial charge in [0.25, 0.3) is 5.91 Å². The minimum atomic E-state index is -0.0920. The minimum absolute atomic E-state index is 0.00590. The summed E-state index contributed by atoms with van der Waals surface area (Å²) >= 11 is 0. The molecule has 2 aromatic heterocycles. The molecule has 1 aromatic carbocycles. The molecule has 1 atom stereocenters. The summed E-state index contributed by atoms with van der Waals surface area (Å²) in [5.41, 5.74) is 2.51. The van der Waals surface area contributed by atoms with Crippen LogP contribution in [0.25, 0.3) is 10.9 Å². The summed E-state index contributed by atoms with van der Waals surface area (Å²) in [4.78, 5) is 31.8. The van der Waals surface area contributed by atoms with Crippen molar-refractivity contribution in [2.24, 2.45) is 0 Å². The third-order valence-electron chi connectivity index (χ3n) is 6.76. The Morgan fingerprint density at radius 1 is 1.06 bits per heavy atom. The van der Waals surface area contributed by atoms with Gasteiger partial charge in [0.1, 0.15) is 11.6 Å². The molecule has 0 spiro atoms. The van der Waals surface area contributed by atoms with Gasteiger partial charge in [-0.25, -0.2) is 15.0 Å². The number of carbonyl (C=O) groups is 1. The summed E-state index contributed by atoms with van der Waals surface area (Å²) < 4.78 is 5.54. The number of hydrogen-bond donors (Lipinski definition) is 1. The summed E-state index contributed by atoms with van der Waals surface area (Å²) in [6.07, 6.45) is 6.99. The second-order valence-corrected chi connectivity index (χ2v) is 8.90. The number of benzene rings is 1. The van der Waals surface area contributed by atoms with Crippen LogP contribution in [-0.2, 0) is 11.2 Å². The van der Waals surface area contributed by atoms with Crippen molar-refractivity contribution in [3.8, 4) is 0 Å². The Bertz CT molecular complexity index is 1120. The molecule has 0 bridgehead atoms. The number of amides is 1. The van der Waals surface area contributed by atoms with Crippen LogP contribution < -0.4 is 10.2 Å². The van der Waals surface area contributed by atoms with E-state index in [4.69, 9.17) is 9.72 Å². The van der Waals surface area contributed by atoms with Crippen LogP contribution in [0.1, 0.15) is 47.6 Å². The SMILES string of the molecule is CCc1ncc(C(CNC(=O)c2cccc3nc(N4CCCC4)ccc23)N2CCOCC2)cn1. The average Bonchev–Trinajstić information content (AvgIpc) is 3.44. The summed E-state index contributed by atoms with van der Waals surface area (Å²) in [5.74, 6) is 1.72. The fraction of sp³-hybridized carbons (Fsp3) is 0.462. The number of rotatable bonds is 7. The summed E-state index contributed by atoms with van der Waals surface area (Å²) in [7, 11) is 0. The number of aryl methyl sites for hydroxylation is 1. The third-order valence-corrected chi connectivity index (χ3v) is 6.76. The van der Waals surface area contributed by atoms with Crippen molar-refractivity contribution in [2.45, 2.75) is 32.2 Å². The van der Waals surface area contributed by atoms with Gasteiger partial charge in [0.2, 0.25) is 0 Å². The third kappa shape index (κ3) is 4.88. The van der Waals surface area contributed by atoms with Gasteiger partial charge in [-0.3, -0.25) is 9.69 Å².